The molecule has 0 atom stereocenters. The summed E-state index contributed by atoms with van der Waals surface area (Å²) >= 11 is 0. The molecular formula is C10H19N. The molecule has 0 aromatic rings. The van der Waals surface area contributed by atoms with Crippen LogP contribution >= 0.6 is 0 Å². The van der Waals surface area contributed by atoms with Gasteiger partial charge >= 0.3 is 0 Å². The van der Waals surface area contributed by atoms with Gasteiger partial charge in [-0.15, -0.1) is 6.58 Å². The van der Waals surface area contributed by atoms with E-state index in [-0.39, 0.29) is 0 Å². The molecule has 1 aliphatic carbocycles. The number of hydrogen-bond acceptors (Lipinski definition) is 1. The Morgan fingerprint density at radius 1 is 1.27 bits per heavy atom. The average Bonchev–Trinajstić information content (AvgIpc) is 2.23. The molecule has 0 radical (unpaired) electrons. The smallest absolute Gasteiger partial charge is 0.0184 e. The van der Waals surface area contributed by atoms with E-state index in [1.807, 2.05) is 6.08 Å². The molecule has 1 N–H and O–H groups in total. The Bertz CT molecular complexity index is 154. The van der Waals surface area contributed by atoms with Crippen molar-refractivity contribution in [2.45, 2.75) is 33.7 Å². The van der Waals surface area contributed by atoms with Gasteiger partial charge < -0.3 is 5.32 Å². The van der Waals surface area contributed by atoms with Crippen LogP contribution in [-0.2, 0) is 0 Å². The third-order valence-electron chi connectivity index (χ3n) is 3.49. The highest BCUT2D eigenvalue weighted by Gasteiger charge is 2.64. The molecule has 0 amide bonds. The van der Waals surface area contributed by atoms with E-state index in [2.05, 4.69) is 39.6 Å². The Hall–Kier alpha value is -0.300. The summed E-state index contributed by atoms with van der Waals surface area (Å²) in [5, 5.41) is 3.47. The fraction of sp³-hybridized carbons (Fsp3) is 0.800. The largest absolute Gasteiger partial charge is 0.309 e. The van der Waals surface area contributed by atoms with Crippen molar-refractivity contribution in [3.8, 4) is 0 Å². The molecule has 0 aliphatic heterocycles. The van der Waals surface area contributed by atoms with Gasteiger partial charge in [0.1, 0.15) is 0 Å². The summed E-state index contributed by atoms with van der Waals surface area (Å²) in [5.41, 5.74) is 0.909. The Morgan fingerprint density at radius 3 is 2.00 bits per heavy atom. The SMILES string of the molecule is C=CCNC1C(C)(C)C1(C)C. The monoisotopic (exact) mass is 153 g/mol. The van der Waals surface area contributed by atoms with Gasteiger partial charge in [0.05, 0.1) is 0 Å². The van der Waals surface area contributed by atoms with Crippen molar-refractivity contribution in [1.82, 2.24) is 5.32 Å². The molecule has 0 aromatic carbocycles. The molecule has 1 rings (SSSR count). The minimum Gasteiger partial charge on any atom is -0.309 e. The highest BCUT2D eigenvalue weighted by molar-refractivity contribution is 5.17. The number of nitrogens with one attached hydrogen (secondary N) is 1. The van der Waals surface area contributed by atoms with Crippen LogP contribution in [0.1, 0.15) is 27.7 Å². The molecule has 1 fully saturated rings. The molecule has 1 nitrogen and oxygen atoms in total. The minimum atomic E-state index is 0.454. The zero-order chi connectivity index (χ0) is 8.70. The van der Waals surface area contributed by atoms with Crippen molar-refractivity contribution < 1.29 is 0 Å². The molecular weight excluding hydrogens is 134 g/mol. The van der Waals surface area contributed by atoms with Crippen LogP contribution in [0.4, 0.5) is 0 Å². The molecule has 0 heterocycles. The van der Waals surface area contributed by atoms with Gasteiger partial charge in [-0.3, -0.25) is 0 Å². The van der Waals surface area contributed by atoms with Crippen LogP contribution < -0.4 is 5.32 Å². The second-order valence-corrected chi connectivity index (χ2v) is 4.57. The molecule has 1 saturated carbocycles. The fourth-order valence-electron chi connectivity index (χ4n) is 1.91. The molecule has 11 heavy (non-hydrogen) atoms. The van der Waals surface area contributed by atoms with E-state index in [1.165, 1.54) is 0 Å². The molecule has 64 valence electrons. The molecule has 0 saturated heterocycles. The Kier molecular flexibility index (Phi) is 1.87. The van der Waals surface area contributed by atoms with Crippen LogP contribution in [0, 0.1) is 10.8 Å². The second-order valence-electron chi connectivity index (χ2n) is 4.57. The summed E-state index contributed by atoms with van der Waals surface area (Å²) in [4.78, 5) is 0. The fourth-order valence-corrected chi connectivity index (χ4v) is 1.91. The van der Waals surface area contributed by atoms with E-state index >= 15 is 0 Å². The maximum atomic E-state index is 3.69. The maximum Gasteiger partial charge on any atom is 0.0184 e. The first-order valence-corrected chi connectivity index (χ1v) is 4.29. The van der Waals surface area contributed by atoms with Gasteiger partial charge in [0.25, 0.3) is 0 Å². The Morgan fingerprint density at radius 2 is 1.73 bits per heavy atom. The van der Waals surface area contributed by atoms with Gasteiger partial charge in [-0.25, -0.2) is 0 Å². The molecule has 1 aliphatic rings. The van der Waals surface area contributed by atoms with Crippen LogP contribution in [0.25, 0.3) is 0 Å². The van der Waals surface area contributed by atoms with E-state index in [0.717, 1.165) is 6.54 Å². The zero-order valence-corrected chi connectivity index (χ0v) is 8.07. The van der Waals surface area contributed by atoms with Crippen molar-refractivity contribution in [3.05, 3.63) is 12.7 Å². The normalized spacial score (nSPS) is 26.5. The molecule has 1 heteroatoms. The summed E-state index contributed by atoms with van der Waals surface area (Å²) in [6.45, 7) is 13.9. The standard InChI is InChI=1S/C10H19N/c1-6-7-11-8-9(2,3)10(8,4)5/h6,8,11H,1,7H2,2-5H3. The van der Waals surface area contributed by atoms with Gasteiger partial charge in [0.15, 0.2) is 0 Å². The maximum absolute atomic E-state index is 3.69. The predicted octanol–water partition coefficient (Wildman–Crippen LogP) is 2.20. The van der Waals surface area contributed by atoms with Crippen LogP contribution in [0.15, 0.2) is 12.7 Å². The van der Waals surface area contributed by atoms with Gasteiger partial charge in [-0.1, -0.05) is 33.8 Å². The predicted molar refractivity (Wildman–Crippen MR) is 49.5 cm³/mol. The number of hydrogen-bond donors (Lipinski definition) is 1. The summed E-state index contributed by atoms with van der Waals surface area (Å²) < 4.78 is 0. The van der Waals surface area contributed by atoms with Gasteiger partial charge in [0.2, 0.25) is 0 Å². The van der Waals surface area contributed by atoms with Gasteiger partial charge in [-0.05, 0) is 10.8 Å². The average molecular weight is 153 g/mol. The van der Waals surface area contributed by atoms with Crippen LogP contribution in [0.3, 0.4) is 0 Å². The van der Waals surface area contributed by atoms with Gasteiger partial charge in [-0.2, -0.15) is 0 Å². The first-order chi connectivity index (χ1) is 4.94. The van der Waals surface area contributed by atoms with Crippen molar-refractivity contribution in [3.63, 3.8) is 0 Å². The molecule has 0 bridgehead atoms. The van der Waals surface area contributed by atoms with Crippen LogP contribution in [0.5, 0.6) is 0 Å². The topological polar surface area (TPSA) is 12.0 Å². The van der Waals surface area contributed by atoms with Crippen LogP contribution in [0.2, 0.25) is 0 Å². The van der Waals surface area contributed by atoms with Crippen molar-refractivity contribution >= 4 is 0 Å². The lowest BCUT2D eigenvalue weighted by atomic mass is 10.0. The summed E-state index contributed by atoms with van der Waals surface area (Å²) in [7, 11) is 0. The van der Waals surface area contributed by atoms with Gasteiger partial charge in [0, 0.05) is 12.6 Å². The summed E-state index contributed by atoms with van der Waals surface area (Å²) in [5.74, 6) is 0. The Balaban J connectivity index is 2.46. The van der Waals surface area contributed by atoms with E-state index in [4.69, 9.17) is 0 Å². The lowest BCUT2D eigenvalue weighted by Crippen LogP contribution is -2.21. The van der Waals surface area contributed by atoms with Crippen molar-refractivity contribution in [1.29, 1.82) is 0 Å². The van der Waals surface area contributed by atoms with Crippen molar-refractivity contribution in [2.75, 3.05) is 6.54 Å². The second kappa shape index (κ2) is 2.34. The lowest BCUT2D eigenvalue weighted by Gasteiger charge is -2.03. The van der Waals surface area contributed by atoms with E-state index < -0.39 is 0 Å². The first-order valence-electron chi connectivity index (χ1n) is 4.29. The van der Waals surface area contributed by atoms with E-state index in [1.54, 1.807) is 0 Å². The highest BCUT2D eigenvalue weighted by atomic mass is 15.0. The zero-order valence-electron chi connectivity index (χ0n) is 8.07. The third-order valence-corrected chi connectivity index (χ3v) is 3.49. The van der Waals surface area contributed by atoms with E-state index in [9.17, 15) is 0 Å². The molecule has 0 spiro atoms. The Labute approximate surface area is 69.9 Å². The highest BCUT2D eigenvalue weighted by Crippen LogP contribution is 2.62. The summed E-state index contributed by atoms with van der Waals surface area (Å²) in [6.07, 6.45) is 1.92. The molecule has 0 unspecified atom stereocenters. The van der Waals surface area contributed by atoms with Crippen LogP contribution in [-0.4, -0.2) is 12.6 Å². The third kappa shape index (κ3) is 1.12. The van der Waals surface area contributed by atoms with E-state index in [0.29, 0.717) is 16.9 Å². The quantitative estimate of drug-likeness (QED) is 0.613. The minimum absolute atomic E-state index is 0.454. The summed E-state index contributed by atoms with van der Waals surface area (Å²) in [6, 6.07) is 0.660. The molecule has 0 aromatic heterocycles. The number of rotatable bonds is 3. The lowest BCUT2D eigenvalue weighted by molar-refractivity contribution is 0.457. The first kappa shape index (κ1) is 8.79. The van der Waals surface area contributed by atoms with Crippen molar-refractivity contribution in [2.24, 2.45) is 10.8 Å².